The smallest absolute Gasteiger partial charge is 0.269 e. The van der Waals surface area contributed by atoms with Gasteiger partial charge in [-0.25, -0.2) is 4.99 Å². The normalized spacial score (nSPS) is 10.7. The quantitative estimate of drug-likeness (QED) is 0.137. The van der Waals surface area contributed by atoms with E-state index in [-0.39, 0.29) is 29.7 Å². The Bertz CT molecular complexity index is 752. The fraction of sp³-hybridized carbons (Fsp3) is 0.316. The van der Waals surface area contributed by atoms with Gasteiger partial charge in [0.1, 0.15) is 5.75 Å². The molecule has 2 N–H and O–H groups in total. The van der Waals surface area contributed by atoms with Crippen molar-refractivity contribution in [3.05, 3.63) is 69.8 Å². The highest BCUT2D eigenvalue weighted by molar-refractivity contribution is 14.0. The van der Waals surface area contributed by atoms with Crippen molar-refractivity contribution in [2.75, 3.05) is 27.4 Å². The van der Waals surface area contributed by atoms with E-state index in [0.717, 1.165) is 16.9 Å². The second kappa shape index (κ2) is 12.9. The number of rotatable bonds is 9. The number of nitro groups is 1. The molecule has 0 aliphatic heterocycles. The van der Waals surface area contributed by atoms with Crippen LogP contribution >= 0.6 is 24.0 Å². The van der Waals surface area contributed by atoms with Crippen LogP contribution in [0.4, 0.5) is 5.69 Å². The average Bonchev–Trinajstić information content (AvgIpc) is 2.70. The van der Waals surface area contributed by atoms with Crippen molar-refractivity contribution in [1.29, 1.82) is 0 Å². The van der Waals surface area contributed by atoms with E-state index < -0.39 is 4.92 Å². The molecule has 0 fully saturated rings. The van der Waals surface area contributed by atoms with Crippen molar-refractivity contribution >= 4 is 35.6 Å². The largest absolute Gasteiger partial charge is 0.497 e. The number of methoxy groups -OCH3 is 2. The number of hydrogen-bond donors (Lipinski definition) is 2. The lowest BCUT2D eigenvalue weighted by Gasteiger charge is -2.12. The monoisotopic (exact) mass is 500 g/mol. The van der Waals surface area contributed by atoms with E-state index in [1.54, 1.807) is 26.4 Å². The predicted molar refractivity (Wildman–Crippen MR) is 119 cm³/mol. The molecule has 2 aromatic carbocycles. The minimum absolute atomic E-state index is 0. The highest BCUT2D eigenvalue weighted by Gasteiger charge is 2.05. The maximum Gasteiger partial charge on any atom is 0.269 e. The first-order chi connectivity index (χ1) is 13.1. The van der Waals surface area contributed by atoms with Crippen LogP contribution in [0.1, 0.15) is 11.1 Å². The molecule has 0 aliphatic rings. The zero-order valence-corrected chi connectivity index (χ0v) is 18.2. The molecule has 8 nitrogen and oxygen atoms in total. The van der Waals surface area contributed by atoms with Crippen LogP contribution < -0.4 is 15.4 Å². The summed E-state index contributed by atoms with van der Waals surface area (Å²) in [6.07, 6.45) is 0. The molecule has 9 heteroatoms. The lowest BCUT2D eigenvalue weighted by Crippen LogP contribution is -2.38. The van der Waals surface area contributed by atoms with Gasteiger partial charge in [0, 0.05) is 32.3 Å². The summed E-state index contributed by atoms with van der Waals surface area (Å²) in [7, 11) is 3.27. The van der Waals surface area contributed by atoms with E-state index in [9.17, 15) is 10.1 Å². The zero-order chi connectivity index (χ0) is 19.5. The molecule has 0 heterocycles. The van der Waals surface area contributed by atoms with Gasteiger partial charge < -0.3 is 20.1 Å². The Morgan fingerprint density at radius 3 is 2.25 bits per heavy atom. The maximum atomic E-state index is 10.7. The molecule has 0 unspecified atom stereocenters. The molecule has 0 atom stereocenters. The van der Waals surface area contributed by atoms with Gasteiger partial charge in [-0.05, 0) is 23.3 Å². The summed E-state index contributed by atoms with van der Waals surface area (Å²) in [6, 6.07) is 14.1. The zero-order valence-electron chi connectivity index (χ0n) is 15.9. The first-order valence-electron chi connectivity index (χ1n) is 8.49. The van der Waals surface area contributed by atoms with Crippen molar-refractivity contribution in [2.45, 2.75) is 13.1 Å². The Hall–Kier alpha value is -2.40. The molecule has 2 rings (SSSR count). The number of ether oxygens (including phenoxy) is 2. The van der Waals surface area contributed by atoms with Crippen LogP contribution in [0.25, 0.3) is 0 Å². The second-order valence-electron chi connectivity index (χ2n) is 5.71. The summed E-state index contributed by atoms with van der Waals surface area (Å²) in [4.78, 5) is 14.9. The second-order valence-corrected chi connectivity index (χ2v) is 5.71. The molecule has 0 aliphatic carbocycles. The van der Waals surface area contributed by atoms with Gasteiger partial charge in [0.25, 0.3) is 5.69 Å². The van der Waals surface area contributed by atoms with Gasteiger partial charge in [-0.1, -0.05) is 24.3 Å². The first-order valence-corrected chi connectivity index (χ1v) is 8.49. The van der Waals surface area contributed by atoms with Crippen molar-refractivity contribution in [3.8, 4) is 5.75 Å². The molecule has 0 radical (unpaired) electrons. The van der Waals surface area contributed by atoms with Crippen LogP contribution in [-0.2, 0) is 17.8 Å². The Balaban J connectivity index is 0.00000392. The summed E-state index contributed by atoms with van der Waals surface area (Å²) < 4.78 is 10.2. The molecule has 28 heavy (non-hydrogen) atoms. The number of aliphatic imine (C=N–C) groups is 1. The number of hydrogen-bond acceptors (Lipinski definition) is 5. The third-order valence-corrected chi connectivity index (χ3v) is 3.78. The summed E-state index contributed by atoms with van der Waals surface area (Å²) in [5, 5.41) is 17.1. The number of nitro benzene ring substituents is 1. The van der Waals surface area contributed by atoms with Crippen molar-refractivity contribution in [1.82, 2.24) is 10.6 Å². The van der Waals surface area contributed by atoms with Crippen LogP contribution in [0.3, 0.4) is 0 Å². The number of guanidine groups is 1. The minimum atomic E-state index is -0.411. The molecule has 0 amide bonds. The van der Waals surface area contributed by atoms with E-state index in [0.29, 0.717) is 32.2 Å². The Morgan fingerprint density at radius 2 is 1.68 bits per heavy atom. The van der Waals surface area contributed by atoms with Crippen LogP contribution in [-0.4, -0.2) is 38.3 Å². The van der Waals surface area contributed by atoms with Gasteiger partial charge in [0.15, 0.2) is 5.96 Å². The average molecular weight is 500 g/mol. The van der Waals surface area contributed by atoms with E-state index in [2.05, 4.69) is 15.6 Å². The van der Waals surface area contributed by atoms with E-state index in [1.165, 1.54) is 12.1 Å². The van der Waals surface area contributed by atoms with Gasteiger partial charge in [0.2, 0.25) is 0 Å². The highest BCUT2D eigenvalue weighted by Crippen LogP contribution is 2.13. The fourth-order valence-corrected chi connectivity index (χ4v) is 2.27. The summed E-state index contributed by atoms with van der Waals surface area (Å²) >= 11 is 0. The molecule has 0 bridgehead atoms. The minimum Gasteiger partial charge on any atom is -0.497 e. The summed E-state index contributed by atoms with van der Waals surface area (Å²) in [5.74, 6) is 1.44. The van der Waals surface area contributed by atoms with Gasteiger partial charge in [-0.2, -0.15) is 0 Å². The Morgan fingerprint density at radius 1 is 1.04 bits per heavy atom. The number of benzene rings is 2. The molecule has 0 saturated heterocycles. The van der Waals surface area contributed by atoms with Gasteiger partial charge >= 0.3 is 0 Å². The maximum absolute atomic E-state index is 10.7. The van der Waals surface area contributed by atoms with Crippen LogP contribution in [0.15, 0.2) is 53.5 Å². The lowest BCUT2D eigenvalue weighted by atomic mass is 10.2. The summed E-state index contributed by atoms with van der Waals surface area (Å²) in [6.45, 7) is 2.18. The van der Waals surface area contributed by atoms with Crippen LogP contribution in [0.5, 0.6) is 5.75 Å². The third-order valence-electron chi connectivity index (χ3n) is 3.78. The summed E-state index contributed by atoms with van der Waals surface area (Å²) in [5.41, 5.74) is 2.05. The van der Waals surface area contributed by atoms with Gasteiger partial charge in [-0.3, -0.25) is 10.1 Å². The van der Waals surface area contributed by atoms with Crippen molar-refractivity contribution in [2.24, 2.45) is 4.99 Å². The standard InChI is InChI=1S/C19H24N4O4.HI/c1-26-12-11-20-19(22-14-16-5-9-18(27-2)10-6-16)21-13-15-3-7-17(8-4-15)23(24)25;/h3-10H,11-14H2,1-2H3,(H2,20,21,22);1H. The number of halogens is 1. The van der Waals surface area contributed by atoms with Crippen LogP contribution in [0, 0.1) is 10.1 Å². The Kier molecular flexibility index (Phi) is 10.9. The fourth-order valence-electron chi connectivity index (χ4n) is 2.27. The number of nitrogens with one attached hydrogen (secondary N) is 2. The Labute approximate surface area is 181 Å². The molecule has 0 spiro atoms. The first kappa shape index (κ1) is 23.6. The highest BCUT2D eigenvalue weighted by atomic mass is 127. The van der Waals surface area contributed by atoms with Crippen LogP contribution in [0.2, 0.25) is 0 Å². The SMILES string of the molecule is COCCNC(=NCc1ccc(OC)cc1)NCc1ccc([N+](=O)[O-])cc1.I. The molecule has 2 aromatic rings. The van der Waals surface area contributed by atoms with Crippen molar-refractivity contribution in [3.63, 3.8) is 0 Å². The molecular weight excluding hydrogens is 475 g/mol. The third kappa shape index (κ3) is 8.09. The van der Waals surface area contributed by atoms with Gasteiger partial charge in [0.05, 0.1) is 25.2 Å². The van der Waals surface area contributed by atoms with Crippen molar-refractivity contribution < 1.29 is 14.4 Å². The lowest BCUT2D eigenvalue weighted by molar-refractivity contribution is -0.384. The molecule has 0 aromatic heterocycles. The molecular formula is C19H25IN4O4. The van der Waals surface area contributed by atoms with Gasteiger partial charge in [-0.15, -0.1) is 24.0 Å². The number of nitrogens with zero attached hydrogens (tertiary/aromatic N) is 2. The van der Waals surface area contributed by atoms with E-state index in [4.69, 9.17) is 9.47 Å². The molecule has 0 saturated carbocycles. The van der Waals surface area contributed by atoms with E-state index in [1.807, 2.05) is 24.3 Å². The number of non-ortho nitro benzene ring substituents is 1. The topological polar surface area (TPSA) is 98.0 Å². The van der Waals surface area contributed by atoms with E-state index >= 15 is 0 Å². The molecule has 152 valence electrons. The predicted octanol–water partition coefficient (Wildman–Crippen LogP) is 3.10.